The summed E-state index contributed by atoms with van der Waals surface area (Å²) in [5.74, 6) is -0.538. The quantitative estimate of drug-likeness (QED) is 0.640. The fourth-order valence-corrected chi connectivity index (χ4v) is 4.66. The van der Waals surface area contributed by atoms with E-state index >= 15 is 0 Å². The van der Waals surface area contributed by atoms with Gasteiger partial charge in [0.2, 0.25) is 5.91 Å². The Morgan fingerprint density at radius 1 is 1.28 bits per heavy atom. The van der Waals surface area contributed by atoms with Gasteiger partial charge in [-0.25, -0.2) is 17.8 Å². The third-order valence-electron chi connectivity index (χ3n) is 5.17. The van der Waals surface area contributed by atoms with Crippen molar-refractivity contribution in [1.29, 1.82) is 0 Å². The number of aromatic nitrogens is 4. The Hall–Kier alpha value is -2.88. The first-order valence-corrected chi connectivity index (χ1v) is 11.1. The summed E-state index contributed by atoms with van der Waals surface area (Å²) < 4.78 is 40.0. The van der Waals surface area contributed by atoms with Crippen LogP contribution in [-0.4, -0.2) is 58.2 Å². The fourth-order valence-electron chi connectivity index (χ4n) is 3.78. The Balaban J connectivity index is 1.65. The van der Waals surface area contributed by atoms with Gasteiger partial charge in [-0.05, 0) is 24.5 Å². The molecule has 0 aliphatic carbocycles. The number of hydrogen-bond donors (Lipinski definition) is 0. The van der Waals surface area contributed by atoms with Crippen LogP contribution in [0.4, 0.5) is 4.39 Å². The monoisotopic (exact) mass is 417 g/mol. The molecule has 0 N–H and O–H groups in total. The minimum Gasteiger partial charge on any atom is -0.342 e. The molecule has 1 aliphatic rings. The molecule has 4 rings (SSSR count). The van der Waals surface area contributed by atoms with Gasteiger partial charge in [-0.1, -0.05) is 18.2 Å². The van der Waals surface area contributed by atoms with E-state index in [1.54, 1.807) is 23.1 Å². The van der Waals surface area contributed by atoms with Crippen LogP contribution in [0.25, 0.3) is 5.78 Å². The van der Waals surface area contributed by atoms with Crippen molar-refractivity contribution < 1.29 is 17.6 Å². The number of likely N-dealkylation sites (tertiary alicyclic amines) is 1. The van der Waals surface area contributed by atoms with Gasteiger partial charge in [0.05, 0.1) is 18.3 Å². The number of hydrogen-bond acceptors (Lipinski definition) is 6. The predicted octanol–water partition coefficient (Wildman–Crippen LogP) is 1.62. The van der Waals surface area contributed by atoms with Crippen molar-refractivity contribution in [3.05, 3.63) is 53.9 Å². The van der Waals surface area contributed by atoms with E-state index in [0.29, 0.717) is 43.0 Å². The summed E-state index contributed by atoms with van der Waals surface area (Å²) in [5, 5.41) is 4.14. The Labute approximate surface area is 167 Å². The van der Waals surface area contributed by atoms with Gasteiger partial charge in [0.1, 0.15) is 17.0 Å². The fraction of sp³-hybridized carbons (Fsp3) is 0.368. The molecule has 8 nitrogen and oxygen atoms in total. The third kappa shape index (κ3) is 3.84. The minimum atomic E-state index is -3.55. The summed E-state index contributed by atoms with van der Waals surface area (Å²) in [4.78, 5) is 22.6. The normalized spacial score (nSPS) is 17.6. The summed E-state index contributed by atoms with van der Waals surface area (Å²) in [5.41, 5.74) is 0.831. The Morgan fingerprint density at radius 3 is 2.83 bits per heavy atom. The molecule has 29 heavy (non-hydrogen) atoms. The molecule has 152 valence electrons. The highest BCUT2D eigenvalue weighted by molar-refractivity contribution is 7.90. The van der Waals surface area contributed by atoms with Crippen molar-refractivity contribution in [2.45, 2.75) is 30.1 Å². The molecule has 3 aromatic rings. The number of halogens is 1. The average Bonchev–Trinajstić information content (AvgIpc) is 3.17. The van der Waals surface area contributed by atoms with Crippen LogP contribution in [0.1, 0.15) is 30.0 Å². The van der Waals surface area contributed by atoms with Crippen LogP contribution < -0.4 is 0 Å². The van der Waals surface area contributed by atoms with Crippen molar-refractivity contribution in [1.82, 2.24) is 24.5 Å². The molecule has 1 unspecified atom stereocenters. The molecule has 0 bridgehead atoms. The van der Waals surface area contributed by atoms with Crippen molar-refractivity contribution in [3.8, 4) is 0 Å². The van der Waals surface area contributed by atoms with Crippen LogP contribution in [0.3, 0.4) is 0 Å². The molecule has 1 aromatic carbocycles. The van der Waals surface area contributed by atoms with Gasteiger partial charge in [0.25, 0.3) is 5.78 Å². The maximum absolute atomic E-state index is 13.9. The van der Waals surface area contributed by atoms with Crippen LogP contribution in [0.15, 0.2) is 41.7 Å². The van der Waals surface area contributed by atoms with E-state index in [9.17, 15) is 17.6 Å². The number of carbonyl (C=O) groups excluding carboxylic acids is 1. The van der Waals surface area contributed by atoms with Gasteiger partial charge in [0, 0.05) is 25.3 Å². The SMILES string of the molecule is CS(=O)(=O)c1cnc2ncnn2c1C1CCCN(C(=O)Cc2ccccc2F)C1. The molecular weight excluding hydrogens is 397 g/mol. The number of carbonyl (C=O) groups is 1. The molecule has 2 aromatic heterocycles. The number of amides is 1. The van der Waals surface area contributed by atoms with Crippen LogP contribution in [0.5, 0.6) is 0 Å². The van der Waals surface area contributed by atoms with Crippen LogP contribution in [0.2, 0.25) is 0 Å². The molecule has 1 fully saturated rings. The van der Waals surface area contributed by atoms with E-state index in [4.69, 9.17) is 0 Å². The molecule has 3 heterocycles. The zero-order valence-electron chi connectivity index (χ0n) is 15.8. The van der Waals surface area contributed by atoms with Crippen molar-refractivity contribution in [3.63, 3.8) is 0 Å². The molecular formula is C19H20FN5O3S. The predicted molar refractivity (Wildman–Crippen MR) is 103 cm³/mol. The lowest BCUT2D eigenvalue weighted by molar-refractivity contribution is -0.131. The lowest BCUT2D eigenvalue weighted by Crippen LogP contribution is -2.40. The maximum Gasteiger partial charge on any atom is 0.252 e. The largest absolute Gasteiger partial charge is 0.342 e. The van der Waals surface area contributed by atoms with Crippen LogP contribution in [0, 0.1) is 5.82 Å². The van der Waals surface area contributed by atoms with Gasteiger partial charge in [-0.3, -0.25) is 4.79 Å². The van der Waals surface area contributed by atoms with Crippen LogP contribution >= 0.6 is 0 Å². The van der Waals surface area contributed by atoms with Gasteiger partial charge in [0.15, 0.2) is 9.84 Å². The number of benzene rings is 1. The molecule has 1 aliphatic heterocycles. The van der Waals surface area contributed by atoms with E-state index in [1.165, 1.54) is 23.1 Å². The summed E-state index contributed by atoms with van der Waals surface area (Å²) in [6.07, 6.45) is 5.12. The number of rotatable bonds is 4. The first kappa shape index (κ1) is 19.4. The Morgan fingerprint density at radius 2 is 2.07 bits per heavy atom. The first-order valence-electron chi connectivity index (χ1n) is 9.24. The van der Waals surface area contributed by atoms with E-state index < -0.39 is 15.7 Å². The Kier molecular flexibility index (Phi) is 5.03. The van der Waals surface area contributed by atoms with Crippen molar-refractivity contribution in [2.75, 3.05) is 19.3 Å². The lowest BCUT2D eigenvalue weighted by Gasteiger charge is -2.33. The van der Waals surface area contributed by atoms with E-state index in [0.717, 1.165) is 6.26 Å². The molecule has 0 radical (unpaired) electrons. The number of sulfone groups is 1. The summed E-state index contributed by atoms with van der Waals surface area (Å²) in [6.45, 7) is 0.873. The highest BCUT2D eigenvalue weighted by Crippen LogP contribution is 2.31. The first-order chi connectivity index (χ1) is 13.8. The van der Waals surface area contributed by atoms with Crippen molar-refractivity contribution in [2.24, 2.45) is 0 Å². The third-order valence-corrected chi connectivity index (χ3v) is 6.28. The van der Waals surface area contributed by atoms with Gasteiger partial charge in [-0.2, -0.15) is 14.6 Å². The topological polar surface area (TPSA) is 97.5 Å². The summed E-state index contributed by atoms with van der Waals surface area (Å²) >= 11 is 0. The highest BCUT2D eigenvalue weighted by Gasteiger charge is 2.31. The second-order valence-electron chi connectivity index (χ2n) is 7.20. The van der Waals surface area contributed by atoms with Crippen molar-refractivity contribution >= 4 is 21.5 Å². The van der Waals surface area contributed by atoms with Gasteiger partial charge < -0.3 is 4.90 Å². The smallest absolute Gasteiger partial charge is 0.252 e. The molecule has 0 spiro atoms. The number of piperidine rings is 1. The molecule has 1 amide bonds. The summed E-state index contributed by atoms with van der Waals surface area (Å²) in [6, 6.07) is 6.21. The van der Waals surface area contributed by atoms with Gasteiger partial charge in [-0.15, -0.1) is 0 Å². The van der Waals surface area contributed by atoms with Crippen LogP contribution in [-0.2, 0) is 21.1 Å². The standard InChI is InChI=1S/C19H20FN5O3S/c1-29(27,28)16-10-21-19-22-12-23-25(19)18(16)14-6-4-8-24(11-14)17(26)9-13-5-2-3-7-15(13)20/h2-3,5,7,10,12,14H,4,6,8-9,11H2,1H3. The Bertz CT molecular complexity index is 1180. The average molecular weight is 417 g/mol. The lowest BCUT2D eigenvalue weighted by atomic mass is 9.94. The minimum absolute atomic E-state index is 0.0343. The molecule has 1 saturated heterocycles. The zero-order valence-corrected chi connectivity index (χ0v) is 16.6. The second kappa shape index (κ2) is 7.51. The second-order valence-corrected chi connectivity index (χ2v) is 9.18. The van der Waals surface area contributed by atoms with E-state index in [1.807, 2.05) is 0 Å². The highest BCUT2D eigenvalue weighted by atomic mass is 32.2. The van der Waals surface area contributed by atoms with E-state index in [-0.39, 0.29) is 23.1 Å². The molecule has 0 saturated carbocycles. The number of fused-ring (bicyclic) bond motifs is 1. The number of nitrogens with zero attached hydrogens (tertiary/aromatic N) is 5. The maximum atomic E-state index is 13.9. The summed E-state index contributed by atoms with van der Waals surface area (Å²) in [7, 11) is -3.55. The molecule has 10 heteroatoms. The zero-order chi connectivity index (χ0) is 20.6. The van der Waals surface area contributed by atoms with E-state index in [2.05, 4.69) is 15.1 Å². The molecule has 1 atom stereocenters. The van der Waals surface area contributed by atoms with Gasteiger partial charge >= 0.3 is 0 Å².